The molecule has 0 fully saturated rings. The summed E-state index contributed by atoms with van der Waals surface area (Å²) < 4.78 is 17.6. The van der Waals surface area contributed by atoms with Crippen LogP contribution in [0.2, 0.25) is 0 Å². The third-order valence-electron chi connectivity index (χ3n) is 10.5. The van der Waals surface area contributed by atoms with E-state index in [-0.39, 0.29) is 0 Å². The van der Waals surface area contributed by atoms with Gasteiger partial charge in [0.25, 0.3) is 0 Å². The molecule has 5 heterocycles. The predicted octanol–water partition coefficient (Wildman–Crippen LogP) is 12.0. The maximum atomic E-state index is 6.46. The Morgan fingerprint density at radius 2 is 1.27 bits per heavy atom. The van der Waals surface area contributed by atoms with Crippen molar-refractivity contribution >= 4 is 65.7 Å². The van der Waals surface area contributed by atoms with Gasteiger partial charge in [-0.2, -0.15) is 4.98 Å². The van der Waals surface area contributed by atoms with Gasteiger partial charge in [0.05, 0.1) is 27.8 Å². The van der Waals surface area contributed by atoms with Gasteiger partial charge in [0, 0.05) is 38.4 Å². The van der Waals surface area contributed by atoms with Crippen LogP contribution in [0.15, 0.2) is 162 Å². The Morgan fingerprint density at radius 3 is 2.21 bits per heavy atom. The molecular weight excluding hydrogens is 641 g/mol. The van der Waals surface area contributed by atoms with Gasteiger partial charge in [0.1, 0.15) is 11.2 Å². The molecule has 11 aromatic rings. The molecular formula is C46H26N4O2. The molecule has 52 heavy (non-hydrogen) atoms. The molecule has 4 aromatic heterocycles. The van der Waals surface area contributed by atoms with E-state index < -0.39 is 0 Å². The fourth-order valence-corrected chi connectivity index (χ4v) is 8.25. The highest BCUT2D eigenvalue weighted by Crippen LogP contribution is 2.49. The molecule has 0 amide bonds. The van der Waals surface area contributed by atoms with Crippen LogP contribution in [0.25, 0.3) is 99.7 Å². The van der Waals surface area contributed by atoms with Gasteiger partial charge in [-0.15, -0.1) is 0 Å². The second-order valence-corrected chi connectivity index (χ2v) is 13.4. The lowest BCUT2D eigenvalue weighted by Crippen LogP contribution is -2.07. The van der Waals surface area contributed by atoms with E-state index in [4.69, 9.17) is 19.1 Å². The summed E-state index contributed by atoms with van der Waals surface area (Å²) in [5.74, 6) is 2.29. The molecule has 0 saturated carbocycles. The molecule has 0 saturated heterocycles. The van der Waals surface area contributed by atoms with Crippen molar-refractivity contribution < 1.29 is 9.15 Å². The maximum Gasteiger partial charge on any atom is 0.231 e. The quantitative estimate of drug-likeness (QED) is 0.188. The normalized spacial score (nSPS) is 12.4. The Labute approximate surface area is 296 Å². The Hall–Kier alpha value is -7.18. The van der Waals surface area contributed by atoms with Crippen LogP contribution in [0.3, 0.4) is 0 Å². The third-order valence-corrected chi connectivity index (χ3v) is 10.5. The number of aromatic nitrogens is 4. The van der Waals surface area contributed by atoms with Crippen LogP contribution >= 0.6 is 0 Å². The number of fused-ring (bicyclic) bond motifs is 11. The van der Waals surface area contributed by atoms with Gasteiger partial charge in [-0.05, 0) is 59.3 Å². The summed E-state index contributed by atoms with van der Waals surface area (Å²) in [5, 5.41) is 7.72. The topological polar surface area (TPSA) is 58.0 Å². The number of hydrogen-bond donors (Lipinski definition) is 0. The molecule has 0 aliphatic carbocycles. The molecule has 12 rings (SSSR count). The van der Waals surface area contributed by atoms with Gasteiger partial charge in [0.15, 0.2) is 17.3 Å². The Bertz CT molecular complexity index is 3280. The maximum absolute atomic E-state index is 6.46. The highest BCUT2D eigenvalue weighted by atomic mass is 16.5. The largest absolute Gasteiger partial charge is 0.453 e. The Kier molecular flexibility index (Phi) is 5.41. The van der Waals surface area contributed by atoms with E-state index in [1.807, 2.05) is 30.3 Å². The van der Waals surface area contributed by atoms with Crippen molar-refractivity contribution in [2.45, 2.75) is 0 Å². The molecule has 1 aliphatic heterocycles. The lowest BCUT2D eigenvalue weighted by Gasteiger charge is -2.21. The van der Waals surface area contributed by atoms with Gasteiger partial charge in [-0.25, -0.2) is 4.98 Å². The van der Waals surface area contributed by atoms with E-state index in [2.05, 4.69) is 137 Å². The highest BCUT2D eigenvalue weighted by molar-refractivity contribution is 6.24. The molecule has 6 heteroatoms. The van der Waals surface area contributed by atoms with Crippen molar-refractivity contribution in [1.29, 1.82) is 0 Å². The third kappa shape index (κ3) is 3.72. The first kappa shape index (κ1) is 27.6. The summed E-state index contributed by atoms with van der Waals surface area (Å²) in [6.45, 7) is 0. The van der Waals surface area contributed by atoms with Crippen LogP contribution in [-0.2, 0) is 0 Å². The van der Waals surface area contributed by atoms with Crippen LogP contribution in [0, 0.1) is 0 Å². The number of hydrogen-bond acceptors (Lipinski definition) is 4. The number of furan rings is 1. The number of benzene rings is 7. The average molecular weight is 667 g/mol. The van der Waals surface area contributed by atoms with Gasteiger partial charge in [-0.3, -0.25) is 9.13 Å². The van der Waals surface area contributed by atoms with Crippen LogP contribution in [0.4, 0.5) is 0 Å². The Balaban J connectivity index is 1.17. The fraction of sp³-hybridized carbons (Fsp3) is 0. The summed E-state index contributed by atoms with van der Waals surface area (Å²) >= 11 is 0. The summed E-state index contributed by atoms with van der Waals surface area (Å²) in [6.07, 6.45) is 0. The van der Waals surface area contributed by atoms with E-state index in [0.717, 1.165) is 88.9 Å². The van der Waals surface area contributed by atoms with Crippen molar-refractivity contribution in [2.75, 3.05) is 0 Å². The molecule has 0 atom stereocenters. The lowest BCUT2D eigenvalue weighted by molar-refractivity contribution is 0.476. The second kappa shape index (κ2) is 10.2. The zero-order valence-corrected chi connectivity index (χ0v) is 27.6. The molecule has 0 radical (unpaired) electrons. The molecule has 0 bridgehead atoms. The summed E-state index contributed by atoms with van der Waals surface area (Å²) in [7, 11) is 0. The standard InChI is InChI=1S/C46H26N4O2/c1-2-13-31(14-3-1)49-36-26-30(23-24-32(36)40-34-16-10-20-39-43(34)50(46(40)49)35-17-7-9-19-38(35)51-39)44-47-42(29-22-21-27-11-4-5-12-28(27)25-29)41-33-15-6-8-18-37(33)52-45(41)48-44/h1-26H. The SMILES string of the molecule is c1ccc(-n2c3cc(-c4nc(-c5ccc6ccccc6c5)c5c(n4)oc4ccccc45)ccc3c3c4cccc5c4n(c32)-c2ccccc2O5)cc1. The minimum atomic E-state index is 0.571. The molecule has 242 valence electrons. The van der Waals surface area contributed by atoms with Crippen LogP contribution in [0.1, 0.15) is 0 Å². The van der Waals surface area contributed by atoms with Crippen LogP contribution in [0.5, 0.6) is 11.5 Å². The van der Waals surface area contributed by atoms with Crippen LogP contribution < -0.4 is 4.74 Å². The number of rotatable bonds is 3. The lowest BCUT2D eigenvalue weighted by atomic mass is 10.0. The second-order valence-electron chi connectivity index (χ2n) is 13.4. The van der Waals surface area contributed by atoms with E-state index in [1.54, 1.807) is 0 Å². The Morgan fingerprint density at radius 1 is 0.500 bits per heavy atom. The molecule has 6 nitrogen and oxygen atoms in total. The smallest absolute Gasteiger partial charge is 0.231 e. The minimum Gasteiger partial charge on any atom is -0.453 e. The van der Waals surface area contributed by atoms with Crippen molar-refractivity contribution in [3.63, 3.8) is 0 Å². The average Bonchev–Trinajstić information content (AvgIpc) is 3.86. The monoisotopic (exact) mass is 666 g/mol. The van der Waals surface area contributed by atoms with Crippen molar-refractivity contribution in [3.05, 3.63) is 158 Å². The molecule has 1 aliphatic rings. The van der Waals surface area contributed by atoms with Gasteiger partial charge < -0.3 is 9.15 Å². The van der Waals surface area contributed by atoms with E-state index in [0.29, 0.717) is 11.5 Å². The zero-order chi connectivity index (χ0) is 33.9. The van der Waals surface area contributed by atoms with E-state index in [1.165, 1.54) is 10.8 Å². The van der Waals surface area contributed by atoms with Gasteiger partial charge in [0.2, 0.25) is 5.71 Å². The summed E-state index contributed by atoms with van der Waals surface area (Å²) in [6, 6.07) is 54.8. The van der Waals surface area contributed by atoms with E-state index in [9.17, 15) is 0 Å². The first-order valence-electron chi connectivity index (χ1n) is 17.4. The van der Waals surface area contributed by atoms with E-state index >= 15 is 0 Å². The summed E-state index contributed by atoms with van der Waals surface area (Å²) in [4.78, 5) is 10.5. The van der Waals surface area contributed by atoms with Crippen molar-refractivity contribution in [3.8, 4) is 45.5 Å². The predicted molar refractivity (Wildman–Crippen MR) is 209 cm³/mol. The molecule has 7 aromatic carbocycles. The minimum absolute atomic E-state index is 0.571. The van der Waals surface area contributed by atoms with Crippen molar-refractivity contribution in [2.24, 2.45) is 0 Å². The highest BCUT2D eigenvalue weighted by Gasteiger charge is 2.29. The number of para-hydroxylation sites is 5. The molecule has 0 N–H and O–H groups in total. The zero-order valence-electron chi connectivity index (χ0n) is 27.6. The summed E-state index contributed by atoms with van der Waals surface area (Å²) in [5.41, 5.74) is 9.43. The number of ether oxygens (including phenoxy) is 1. The molecule has 0 unspecified atom stereocenters. The van der Waals surface area contributed by atoms with Gasteiger partial charge >= 0.3 is 0 Å². The fourth-order valence-electron chi connectivity index (χ4n) is 8.25. The first-order chi connectivity index (χ1) is 25.8. The van der Waals surface area contributed by atoms with Gasteiger partial charge in [-0.1, -0.05) is 109 Å². The number of nitrogens with zero attached hydrogens (tertiary/aromatic N) is 4. The first-order valence-corrected chi connectivity index (χ1v) is 17.4. The molecule has 0 spiro atoms. The van der Waals surface area contributed by atoms with Crippen LogP contribution in [-0.4, -0.2) is 19.1 Å². The van der Waals surface area contributed by atoms with Crippen molar-refractivity contribution in [1.82, 2.24) is 19.1 Å².